The summed E-state index contributed by atoms with van der Waals surface area (Å²) in [4.78, 5) is 12.2. The molecule has 2 rings (SSSR count). The van der Waals surface area contributed by atoms with E-state index < -0.39 is 0 Å². The Morgan fingerprint density at radius 1 is 1.21 bits per heavy atom. The fraction of sp³-hybridized carbons (Fsp3) is 0.0714. The molecule has 0 spiro atoms. The van der Waals surface area contributed by atoms with E-state index in [4.69, 9.17) is 5.73 Å². The molecule has 0 amide bonds. The molecule has 0 aliphatic rings. The normalized spacial score (nSPS) is 10.5. The third-order valence-electron chi connectivity index (χ3n) is 2.62. The quantitative estimate of drug-likeness (QED) is 0.629. The topological polar surface area (TPSA) is 43.1 Å². The van der Waals surface area contributed by atoms with Crippen LogP contribution in [0.4, 0.5) is 10.1 Å². The predicted molar refractivity (Wildman–Crippen MR) is 80.7 cm³/mol. The van der Waals surface area contributed by atoms with Gasteiger partial charge in [0.05, 0.1) is 4.47 Å². The molecule has 0 bridgehead atoms. The highest BCUT2D eigenvalue weighted by Gasteiger charge is 2.12. The lowest BCUT2D eigenvalue weighted by Gasteiger charge is -2.06. The molecule has 0 unspecified atom stereocenters. The van der Waals surface area contributed by atoms with Crippen LogP contribution >= 0.6 is 31.9 Å². The van der Waals surface area contributed by atoms with Crippen LogP contribution in [0.5, 0.6) is 0 Å². The van der Waals surface area contributed by atoms with Crippen LogP contribution in [-0.4, -0.2) is 5.78 Å². The molecule has 0 saturated carbocycles. The number of carbonyl (C=O) groups excluding carboxylic acids is 1. The number of nitrogens with two attached hydrogens (primary N) is 1. The van der Waals surface area contributed by atoms with Crippen molar-refractivity contribution in [1.82, 2.24) is 0 Å². The van der Waals surface area contributed by atoms with Gasteiger partial charge in [0.25, 0.3) is 0 Å². The van der Waals surface area contributed by atoms with Crippen molar-refractivity contribution in [3.05, 3.63) is 62.3 Å². The minimum atomic E-state index is -0.376. The molecule has 0 atom stereocenters. The zero-order valence-corrected chi connectivity index (χ0v) is 13.0. The van der Waals surface area contributed by atoms with Gasteiger partial charge in [0.15, 0.2) is 5.78 Å². The Labute approximate surface area is 127 Å². The summed E-state index contributed by atoms with van der Waals surface area (Å²) in [5.41, 5.74) is 7.32. The molecule has 0 aromatic heterocycles. The minimum Gasteiger partial charge on any atom is -0.399 e. The third kappa shape index (κ3) is 3.42. The van der Waals surface area contributed by atoms with Crippen molar-refractivity contribution in [2.75, 3.05) is 5.73 Å². The minimum absolute atomic E-state index is 0.112. The first kappa shape index (κ1) is 14.2. The molecule has 98 valence electrons. The molecular weight excluding hydrogens is 377 g/mol. The summed E-state index contributed by atoms with van der Waals surface area (Å²) in [5, 5.41) is 0. The third-order valence-corrected chi connectivity index (χ3v) is 3.97. The van der Waals surface area contributed by atoms with Gasteiger partial charge in [-0.2, -0.15) is 0 Å². The monoisotopic (exact) mass is 385 g/mol. The summed E-state index contributed by atoms with van der Waals surface area (Å²) < 4.78 is 14.4. The second-order valence-corrected chi connectivity index (χ2v) is 5.79. The molecule has 0 radical (unpaired) electrons. The van der Waals surface area contributed by atoms with Crippen LogP contribution in [0.2, 0.25) is 0 Å². The number of benzene rings is 2. The number of hydrogen-bond donors (Lipinski definition) is 1. The van der Waals surface area contributed by atoms with E-state index in [1.54, 1.807) is 30.3 Å². The van der Waals surface area contributed by atoms with E-state index in [0.717, 1.165) is 4.47 Å². The summed E-state index contributed by atoms with van der Waals surface area (Å²) in [7, 11) is 0. The second kappa shape index (κ2) is 5.84. The average molecular weight is 387 g/mol. The Bertz CT molecular complexity index is 623. The number of Topliss-reactive ketones (excluding diaryl/α,β-unsaturated/α-hetero) is 1. The number of rotatable bonds is 3. The van der Waals surface area contributed by atoms with Crippen LogP contribution in [0.25, 0.3) is 0 Å². The number of nitrogen functional groups attached to an aromatic ring is 1. The standard InChI is InChI=1S/C14H10Br2FNO/c15-10-4-9(5-11(18)7-10)13(19)6-8-2-1-3-12(17)14(8)16/h1-5,7H,6,18H2. The van der Waals surface area contributed by atoms with Crippen LogP contribution in [0.1, 0.15) is 15.9 Å². The maximum atomic E-state index is 13.4. The molecule has 2 aromatic rings. The molecule has 2 N–H and O–H groups in total. The van der Waals surface area contributed by atoms with Gasteiger partial charge >= 0.3 is 0 Å². The van der Waals surface area contributed by atoms with Crippen molar-refractivity contribution in [2.24, 2.45) is 0 Å². The van der Waals surface area contributed by atoms with Gasteiger partial charge in [0, 0.05) is 22.1 Å². The fourth-order valence-corrected chi connectivity index (χ4v) is 2.65. The smallest absolute Gasteiger partial charge is 0.167 e. The Kier molecular flexibility index (Phi) is 4.37. The summed E-state index contributed by atoms with van der Waals surface area (Å²) >= 11 is 6.44. The fourth-order valence-electron chi connectivity index (χ4n) is 1.73. The number of ketones is 1. The molecule has 0 fully saturated rings. The van der Waals surface area contributed by atoms with Gasteiger partial charge in [-0.1, -0.05) is 28.1 Å². The SMILES string of the molecule is Nc1cc(Br)cc(C(=O)Cc2cccc(F)c2Br)c1. The predicted octanol–water partition coefficient (Wildman–Crippen LogP) is 4.36. The van der Waals surface area contributed by atoms with Crippen LogP contribution < -0.4 is 5.73 Å². The Hall–Kier alpha value is -1.20. The van der Waals surface area contributed by atoms with Gasteiger partial charge in [-0.15, -0.1) is 0 Å². The molecule has 0 heterocycles. The van der Waals surface area contributed by atoms with Crippen LogP contribution in [0, 0.1) is 5.82 Å². The van der Waals surface area contributed by atoms with E-state index in [1.165, 1.54) is 6.07 Å². The summed E-state index contributed by atoms with van der Waals surface area (Å²) in [6, 6.07) is 9.67. The van der Waals surface area contributed by atoms with Crippen molar-refractivity contribution in [3.8, 4) is 0 Å². The van der Waals surface area contributed by atoms with E-state index in [2.05, 4.69) is 31.9 Å². The van der Waals surface area contributed by atoms with Gasteiger partial charge in [-0.05, 0) is 45.8 Å². The highest BCUT2D eigenvalue weighted by atomic mass is 79.9. The second-order valence-electron chi connectivity index (χ2n) is 4.09. The summed E-state index contributed by atoms with van der Waals surface area (Å²) in [6.45, 7) is 0. The lowest BCUT2D eigenvalue weighted by molar-refractivity contribution is 0.0992. The van der Waals surface area contributed by atoms with E-state index in [0.29, 0.717) is 21.3 Å². The Morgan fingerprint density at radius 3 is 2.63 bits per heavy atom. The average Bonchev–Trinajstić information content (AvgIpc) is 2.33. The van der Waals surface area contributed by atoms with Gasteiger partial charge in [0.1, 0.15) is 5.82 Å². The van der Waals surface area contributed by atoms with Gasteiger partial charge in [-0.25, -0.2) is 4.39 Å². The molecule has 0 saturated heterocycles. The maximum absolute atomic E-state index is 13.4. The molecule has 0 aliphatic carbocycles. The van der Waals surface area contributed by atoms with E-state index in [9.17, 15) is 9.18 Å². The largest absolute Gasteiger partial charge is 0.399 e. The van der Waals surface area contributed by atoms with Gasteiger partial charge < -0.3 is 5.73 Å². The number of halogens is 3. The molecule has 5 heteroatoms. The van der Waals surface area contributed by atoms with Crippen molar-refractivity contribution >= 4 is 43.3 Å². The van der Waals surface area contributed by atoms with Crippen molar-refractivity contribution < 1.29 is 9.18 Å². The zero-order chi connectivity index (χ0) is 14.0. The zero-order valence-electron chi connectivity index (χ0n) is 9.79. The molecule has 0 aliphatic heterocycles. The lowest BCUT2D eigenvalue weighted by Crippen LogP contribution is -2.05. The van der Waals surface area contributed by atoms with Gasteiger partial charge in [0.2, 0.25) is 0 Å². The number of hydrogen-bond acceptors (Lipinski definition) is 2. The first-order valence-corrected chi connectivity index (χ1v) is 7.08. The Balaban J connectivity index is 2.28. The summed E-state index contributed by atoms with van der Waals surface area (Å²) in [6.07, 6.45) is 0.119. The van der Waals surface area contributed by atoms with E-state index >= 15 is 0 Å². The molecule has 2 aromatic carbocycles. The summed E-state index contributed by atoms with van der Waals surface area (Å²) in [5.74, 6) is -0.488. The van der Waals surface area contributed by atoms with E-state index in [1.807, 2.05) is 0 Å². The molecular formula is C14H10Br2FNO. The van der Waals surface area contributed by atoms with Crippen molar-refractivity contribution in [3.63, 3.8) is 0 Å². The maximum Gasteiger partial charge on any atom is 0.167 e. The van der Waals surface area contributed by atoms with E-state index in [-0.39, 0.29) is 18.0 Å². The first-order valence-electron chi connectivity index (χ1n) is 5.49. The molecule has 19 heavy (non-hydrogen) atoms. The van der Waals surface area contributed by atoms with Crippen LogP contribution in [0.15, 0.2) is 45.3 Å². The number of anilines is 1. The highest BCUT2D eigenvalue weighted by molar-refractivity contribution is 9.10. The van der Waals surface area contributed by atoms with Crippen LogP contribution in [-0.2, 0) is 6.42 Å². The van der Waals surface area contributed by atoms with Crippen LogP contribution in [0.3, 0.4) is 0 Å². The van der Waals surface area contributed by atoms with Crippen molar-refractivity contribution in [2.45, 2.75) is 6.42 Å². The number of carbonyl (C=O) groups is 1. The lowest BCUT2D eigenvalue weighted by atomic mass is 10.0. The van der Waals surface area contributed by atoms with Gasteiger partial charge in [-0.3, -0.25) is 4.79 Å². The molecule has 2 nitrogen and oxygen atoms in total. The van der Waals surface area contributed by atoms with Crippen molar-refractivity contribution in [1.29, 1.82) is 0 Å². The Morgan fingerprint density at radius 2 is 1.95 bits per heavy atom. The highest BCUT2D eigenvalue weighted by Crippen LogP contribution is 2.23. The first-order chi connectivity index (χ1) is 8.97.